The first-order chi connectivity index (χ1) is 11.6. The molecule has 11 heteroatoms. The number of benzene rings is 1. The highest BCUT2D eigenvalue weighted by atomic mass is 79.9. The first-order valence-electron chi connectivity index (χ1n) is 6.81. The van der Waals surface area contributed by atoms with Gasteiger partial charge in [-0.3, -0.25) is 4.52 Å². The summed E-state index contributed by atoms with van der Waals surface area (Å²) in [5, 5.41) is 11.8. The van der Waals surface area contributed by atoms with E-state index in [1.807, 2.05) is 0 Å². The van der Waals surface area contributed by atoms with Gasteiger partial charge in [0.25, 0.3) is 0 Å². The normalized spacial score (nSPS) is 11.1. The van der Waals surface area contributed by atoms with Crippen molar-refractivity contribution in [2.24, 2.45) is 5.73 Å². The summed E-state index contributed by atoms with van der Waals surface area (Å²) in [5.41, 5.74) is 6.10. The Morgan fingerprint density at radius 2 is 2.17 bits per heavy atom. The lowest BCUT2D eigenvalue weighted by atomic mass is 10.3. The molecule has 0 aliphatic heterocycles. The highest BCUT2D eigenvalue weighted by molar-refractivity contribution is 9.10. The molecule has 0 aliphatic rings. The summed E-state index contributed by atoms with van der Waals surface area (Å²) in [5.74, 6) is -0.354. The second-order valence-corrected chi connectivity index (χ2v) is 6.55. The van der Waals surface area contributed by atoms with E-state index in [4.69, 9.17) is 14.9 Å². The van der Waals surface area contributed by atoms with Crippen LogP contribution in [0.15, 0.2) is 41.6 Å². The Kier molecular flexibility index (Phi) is 5.11. The molecule has 2 heterocycles. The lowest BCUT2D eigenvalue weighted by Gasteiger charge is -2.04. The predicted molar refractivity (Wildman–Crippen MR) is 87.4 cm³/mol. The van der Waals surface area contributed by atoms with Crippen LogP contribution in [0.3, 0.4) is 0 Å². The average molecular weight is 416 g/mol. The molecule has 0 unspecified atom stereocenters. The fraction of sp³-hybridized carbons (Fsp3) is 0.231. The third-order valence-corrected chi connectivity index (χ3v) is 4.67. The van der Waals surface area contributed by atoms with Gasteiger partial charge in [-0.1, -0.05) is 5.16 Å². The van der Waals surface area contributed by atoms with Crippen molar-refractivity contribution in [1.29, 1.82) is 0 Å². The summed E-state index contributed by atoms with van der Waals surface area (Å²) in [7, 11) is 0. The van der Waals surface area contributed by atoms with Crippen LogP contribution in [0, 0.1) is 5.82 Å². The van der Waals surface area contributed by atoms with E-state index in [-0.39, 0.29) is 16.0 Å². The Morgan fingerprint density at radius 3 is 2.92 bits per heavy atom. The maximum Gasteiger partial charge on any atom is 0.446 e. The summed E-state index contributed by atoms with van der Waals surface area (Å²) in [6, 6.07) is 4.09. The van der Waals surface area contributed by atoms with E-state index in [1.54, 1.807) is 0 Å². The van der Waals surface area contributed by atoms with Crippen LogP contribution in [-0.2, 0) is 0 Å². The fourth-order valence-corrected chi connectivity index (χ4v) is 3.14. The molecule has 0 saturated carbocycles. The second-order valence-electron chi connectivity index (χ2n) is 4.61. The van der Waals surface area contributed by atoms with E-state index in [0.29, 0.717) is 23.0 Å². The van der Waals surface area contributed by atoms with Crippen LogP contribution in [0.2, 0.25) is 0 Å². The number of thioether (sulfide) groups is 1. The number of halogens is 2. The minimum absolute atomic E-state index is 0.120. The Bertz CT molecular complexity index is 909. The highest BCUT2D eigenvalue weighted by Gasteiger charge is 2.23. The summed E-state index contributed by atoms with van der Waals surface area (Å²) >= 11 is 4.46. The quantitative estimate of drug-likeness (QED) is 0.481. The summed E-state index contributed by atoms with van der Waals surface area (Å²) < 4.78 is 24.3. The molecule has 0 radical (unpaired) electrons. The van der Waals surface area contributed by atoms with Gasteiger partial charge in [-0.05, 0) is 57.4 Å². The van der Waals surface area contributed by atoms with Crippen LogP contribution in [0.1, 0.15) is 6.42 Å². The van der Waals surface area contributed by atoms with Crippen LogP contribution in [0.5, 0.6) is 0 Å². The van der Waals surface area contributed by atoms with E-state index in [0.717, 1.165) is 11.0 Å². The lowest BCUT2D eigenvalue weighted by molar-refractivity contribution is 0.299. The van der Waals surface area contributed by atoms with Crippen molar-refractivity contribution >= 4 is 27.7 Å². The smallest absolute Gasteiger partial charge is 0.330 e. The van der Waals surface area contributed by atoms with Crippen molar-refractivity contribution in [3.05, 3.63) is 39.0 Å². The molecule has 3 rings (SSSR count). The summed E-state index contributed by atoms with van der Waals surface area (Å²) in [6.07, 6.45) is 0.785. The van der Waals surface area contributed by atoms with Gasteiger partial charge in [-0.2, -0.15) is 0 Å². The van der Waals surface area contributed by atoms with E-state index in [1.165, 1.54) is 30.0 Å². The fourth-order valence-electron chi connectivity index (χ4n) is 1.92. The van der Waals surface area contributed by atoms with Crippen molar-refractivity contribution in [3.63, 3.8) is 0 Å². The predicted octanol–water partition coefficient (Wildman–Crippen LogP) is 2.22. The Hall–Kier alpha value is -1.98. The molecule has 126 valence electrons. The Labute approximate surface area is 147 Å². The van der Waals surface area contributed by atoms with Gasteiger partial charge in [0.05, 0.1) is 10.2 Å². The zero-order valence-electron chi connectivity index (χ0n) is 12.1. The van der Waals surface area contributed by atoms with Crippen LogP contribution < -0.4 is 11.5 Å². The first-order valence-corrected chi connectivity index (χ1v) is 8.59. The molecule has 0 spiro atoms. The van der Waals surface area contributed by atoms with Gasteiger partial charge in [0.1, 0.15) is 5.82 Å². The third-order valence-electron chi connectivity index (χ3n) is 3.02. The van der Waals surface area contributed by atoms with Gasteiger partial charge < -0.3 is 5.73 Å². The van der Waals surface area contributed by atoms with E-state index in [2.05, 4.69) is 31.4 Å². The molecule has 0 atom stereocenters. The largest absolute Gasteiger partial charge is 0.446 e. The molecular weight excluding hydrogens is 405 g/mol. The van der Waals surface area contributed by atoms with E-state index < -0.39 is 11.6 Å². The van der Waals surface area contributed by atoms with Gasteiger partial charge in [-0.15, -0.1) is 11.8 Å². The van der Waals surface area contributed by atoms with Crippen LogP contribution >= 0.6 is 27.7 Å². The molecular formula is C13H11BrFN5O3S. The number of hydrogen-bond donors (Lipinski definition) is 1. The Morgan fingerprint density at radius 1 is 1.33 bits per heavy atom. The maximum atomic E-state index is 13.4. The van der Waals surface area contributed by atoms with Crippen molar-refractivity contribution in [1.82, 2.24) is 20.0 Å². The number of rotatable bonds is 6. The average Bonchev–Trinajstić information content (AvgIpc) is 3.17. The van der Waals surface area contributed by atoms with Gasteiger partial charge in [0, 0.05) is 5.75 Å². The minimum atomic E-state index is -0.732. The molecule has 0 amide bonds. The van der Waals surface area contributed by atoms with Gasteiger partial charge >= 0.3 is 5.76 Å². The lowest BCUT2D eigenvalue weighted by Crippen LogP contribution is -2.13. The maximum absolute atomic E-state index is 13.4. The molecule has 1 aromatic carbocycles. The molecule has 0 bridgehead atoms. The molecule has 8 nitrogen and oxygen atoms in total. The molecule has 0 aliphatic carbocycles. The Balaban J connectivity index is 2.04. The SMILES string of the molecule is NCCCSc1nonc1-c1noc(=O)n1-c1ccc(F)c(Br)c1. The highest BCUT2D eigenvalue weighted by Crippen LogP contribution is 2.29. The molecule has 3 aromatic rings. The molecule has 0 saturated heterocycles. The monoisotopic (exact) mass is 415 g/mol. The summed E-state index contributed by atoms with van der Waals surface area (Å²) in [4.78, 5) is 12.0. The van der Waals surface area contributed by atoms with Gasteiger partial charge in [0.2, 0.25) is 5.82 Å². The van der Waals surface area contributed by atoms with E-state index >= 15 is 0 Å². The molecule has 0 fully saturated rings. The minimum Gasteiger partial charge on any atom is -0.330 e. The van der Waals surface area contributed by atoms with Crippen LogP contribution in [0.4, 0.5) is 4.39 Å². The summed E-state index contributed by atoms with van der Waals surface area (Å²) in [6.45, 7) is 0.548. The first kappa shape index (κ1) is 16.9. The van der Waals surface area contributed by atoms with E-state index in [9.17, 15) is 9.18 Å². The molecule has 2 N–H and O–H groups in total. The van der Waals surface area contributed by atoms with Gasteiger partial charge in [-0.25, -0.2) is 18.4 Å². The van der Waals surface area contributed by atoms with Gasteiger partial charge in [0.15, 0.2) is 10.7 Å². The van der Waals surface area contributed by atoms with Crippen LogP contribution in [-0.4, -0.2) is 32.3 Å². The van der Waals surface area contributed by atoms with Crippen molar-refractivity contribution in [2.75, 3.05) is 12.3 Å². The number of hydrogen-bond acceptors (Lipinski definition) is 8. The standard InChI is InChI=1S/C13H11BrFN5O3S/c14-8-6-7(2-3-9(8)15)20-11(18-22-13(20)21)10-12(19-23-17-10)24-5-1-4-16/h2-3,6H,1,4-5,16H2. The molecule has 24 heavy (non-hydrogen) atoms. The number of nitrogens with zero attached hydrogens (tertiary/aromatic N) is 4. The third kappa shape index (κ3) is 3.28. The van der Waals surface area contributed by atoms with Crippen molar-refractivity contribution < 1.29 is 13.5 Å². The topological polar surface area (TPSA) is 113 Å². The second kappa shape index (κ2) is 7.28. The zero-order valence-corrected chi connectivity index (χ0v) is 14.5. The van der Waals surface area contributed by atoms with Crippen molar-refractivity contribution in [3.8, 4) is 17.2 Å². The van der Waals surface area contributed by atoms with Crippen molar-refractivity contribution in [2.45, 2.75) is 11.4 Å². The number of aromatic nitrogens is 4. The zero-order chi connectivity index (χ0) is 17.1. The van der Waals surface area contributed by atoms with Crippen LogP contribution in [0.25, 0.3) is 17.2 Å². The molecule has 2 aromatic heterocycles. The number of nitrogens with two attached hydrogens (primary N) is 1.